The first kappa shape index (κ1) is 12.5. The van der Waals surface area contributed by atoms with Crippen molar-refractivity contribution in [2.45, 2.75) is 13.0 Å². The molecular weight excluding hydrogens is 260 g/mol. The van der Waals surface area contributed by atoms with Crippen LogP contribution in [0.25, 0.3) is 0 Å². The monoisotopic (exact) mass is 274 g/mol. The number of methoxy groups -OCH3 is 1. The van der Waals surface area contributed by atoms with Crippen molar-refractivity contribution < 1.29 is 14.6 Å². The van der Waals surface area contributed by atoms with Crippen LogP contribution in [-0.4, -0.2) is 25.4 Å². The molecule has 3 nitrogen and oxygen atoms in total. The Morgan fingerprint density at radius 2 is 2.20 bits per heavy atom. The second kappa shape index (κ2) is 6.10. The zero-order valence-corrected chi connectivity index (χ0v) is 10.5. The van der Waals surface area contributed by atoms with Gasteiger partial charge in [-0.25, -0.2) is 0 Å². The molecule has 1 aromatic carbocycles. The van der Waals surface area contributed by atoms with Gasteiger partial charge in [0.15, 0.2) is 0 Å². The Kier molecular flexibility index (Phi) is 5.08. The second-order valence-corrected chi connectivity index (χ2v) is 3.92. The number of benzene rings is 1. The van der Waals surface area contributed by atoms with E-state index < -0.39 is 6.10 Å². The first-order valence-electron chi connectivity index (χ1n) is 4.78. The number of aliphatic hydroxyl groups is 1. The van der Waals surface area contributed by atoms with Crippen molar-refractivity contribution in [2.75, 3.05) is 20.3 Å². The third kappa shape index (κ3) is 3.48. The summed E-state index contributed by atoms with van der Waals surface area (Å²) in [5.41, 5.74) is 0.816. The normalized spacial score (nSPS) is 12.5. The van der Waals surface area contributed by atoms with E-state index in [9.17, 15) is 5.11 Å². The van der Waals surface area contributed by atoms with Gasteiger partial charge in [0.05, 0.1) is 18.2 Å². The maximum atomic E-state index is 9.75. The smallest absolute Gasteiger partial charge is 0.133 e. The van der Waals surface area contributed by atoms with Crippen LogP contribution in [0.4, 0.5) is 0 Å². The number of rotatable bonds is 5. The molecule has 1 rings (SSSR count). The molecule has 1 atom stereocenters. The Labute approximate surface area is 98.1 Å². The summed E-state index contributed by atoms with van der Waals surface area (Å²) in [6, 6.07) is 5.48. The number of hydrogen-bond donors (Lipinski definition) is 1. The van der Waals surface area contributed by atoms with E-state index in [4.69, 9.17) is 9.47 Å². The fourth-order valence-electron chi connectivity index (χ4n) is 1.22. The van der Waals surface area contributed by atoms with Crippen molar-refractivity contribution in [3.05, 3.63) is 28.2 Å². The van der Waals surface area contributed by atoms with Gasteiger partial charge in [-0.15, -0.1) is 0 Å². The van der Waals surface area contributed by atoms with Crippen LogP contribution in [0.5, 0.6) is 5.75 Å². The van der Waals surface area contributed by atoms with Crippen LogP contribution in [0, 0.1) is 0 Å². The molecule has 1 unspecified atom stereocenters. The lowest BCUT2D eigenvalue weighted by molar-refractivity contribution is 0.0420. The molecule has 0 fully saturated rings. The largest absolute Gasteiger partial charge is 0.496 e. The maximum Gasteiger partial charge on any atom is 0.133 e. The van der Waals surface area contributed by atoms with Gasteiger partial charge in [0.2, 0.25) is 0 Å². The van der Waals surface area contributed by atoms with E-state index in [1.165, 1.54) is 0 Å². The molecule has 0 aromatic heterocycles. The molecule has 0 aliphatic carbocycles. The third-order valence-electron chi connectivity index (χ3n) is 2.04. The average Bonchev–Trinajstić information content (AvgIpc) is 2.25. The van der Waals surface area contributed by atoms with Gasteiger partial charge in [-0.05, 0) is 40.5 Å². The quantitative estimate of drug-likeness (QED) is 0.897. The summed E-state index contributed by atoms with van der Waals surface area (Å²) in [5.74, 6) is 0.752. The van der Waals surface area contributed by atoms with Gasteiger partial charge >= 0.3 is 0 Å². The first-order valence-corrected chi connectivity index (χ1v) is 5.57. The van der Waals surface area contributed by atoms with Crippen LogP contribution < -0.4 is 4.74 Å². The molecule has 1 aromatic rings. The van der Waals surface area contributed by atoms with Crippen LogP contribution in [0.3, 0.4) is 0 Å². The van der Waals surface area contributed by atoms with Crippen molar-refractivity contribution in [3.63, 3.8) is 0 Å². The number of hydrogen-bond acceptors (Lipinski definition) is 3. The lowest BCUT2D eigenvalue weighted by Gasteiger charge is -2.12. The summed E-state index contributed by atoms with van der Waals surface area (Å²) < 4.78 is 11.1. The lowest BCUT2D eigenvalue weighted by atomic mass is 10.1. The molecule has 1 N–H and O–H groups in total. The summed E-state index contributed by atoms with van der Waals surface area (Å²) in [6.45, 7) is 2.82. The molecule has 0 aliphatic rings. The van der Waals surface area contributed by atoms with E-state index in [0.29, 0.717) is 13.2 Å². The van der Waals surface area contributed by atoms with Crippen molar-refractivity contribution >= 4 is 15.9 Å². The van der Waals surface area contributed by atoms with Gasteiger partial charge in [-0.1, -0.05) is 6.07 Å². The van der Waals surface area contributed by atoms with Crippen molar-refractivity contribution in [1.82, 2.24) is 0 Å². The SMILES string of the molecule is CCOCC(O)c1ccc(OC)c(Br)c1. The Bertz CT molecular complexity index is 315. The topological polar surface area (TPSA) is 38.7 Å². The van der Waals surface area contributed by atoms with Crippen LogP contribution in [0.1, 0.15) is 18.6 Å². The minimum Gasteiger partial charge on any atom is -0.496 e. The van der Waals surface area contributed by atoms with Crippen molar-refractivity contribution in [2.24, 2.45) is 0 Å². The molecule has 15 heavy (non-hydrogen) atoms. The predicted octanol–water partition coefficient (Wildman–Crippen LogP) is 2.53. The summed E-state index contributed by atoms with van der Waals surface area (Å²) in [6.07, 6.45) is -0.591. The van der Waals surface area contributed by atoms with E-state index in [2.05, 4.69) is 15.9 Å². The number of halogens is 1. The van der Waals surface area contributed by atoms with E-state index >= 15 is 0 Å². The molecule has 0 amide bonds. The van der Waals surface area contributed by atoms with E-state index in [0.717, 1.165) is 15.8 Å². The molecular formula is C11H15BrO3. The summed E-state index contributed by atoms with van der Waals surface area (Å²) in [7, 11) is 1.61. The van der Waals surface area contributed by atoms with Crippen LogP contribution in [0.2, 0.25) is 0 Å². The molecule has 84 valence electrons. The standard InChI is InChI=1S/C11H15BrO3/c1-3-15-7-10(13)8-4-5-11(14-2)9(12)6-8/h4-6,10,13H,3,7H2,1-2H3. The Morgan fingerprint density at radius 3 is 2.73 bits per heavy atom. The zero-order valence-electron chi connectivity index (χ0n) is 8.87. The molecule has 0 heterocycles. The van der Waals surface area contributed by atoms with Crippen LogP contribution >= 0.6 is 15.9 Å². The highest BCUT2D eigenvalue weighted by Gasteiger charge is 2.09. The highest BCUT2D eigenvalue weighted by molar-refractivity contribution is 9.10. The average molecular weight is 275 g/mol. The molecule has 4 heteroatoms. The van der Waals surface area contributed by atoms with Gasteiger partial charge < -0.3 is 14.6 Å². The minimum atomic E-state index is -0.591. The minimum absolute atomic E-state index is 0.315. The van der Waals surface area contributed by atoms with Gasteiger partial charge in [-0.2, -0.15) is 0 Å². The highest BCUT2D eigenvalue weighted by atomic mass is 79.9. The van der Waals surface area contributed by atoms with Crippen LogP contribution in [0.15, 0.2) is 22.7 Å². The van der Waals surface area contributed by atoms with E-state index in [-0.39, 0.29) is 0 Å². The molecule has 0 radical (unpaired) electrons. The summed E-state index contributed by atoms with van der Waals surface area (Å²) in [5, 5.41) is 9.75. The zero-order chi connectivity index (χ0) is 11.3. The summed E-state index contributed by atoms with van der Waals surface area (Å²) >= 11 is 3.37. The molecule has 0 saturated heterocycles. The van der Waals surface area contributed by atoms with E-state index in [1.54, 1.807) is 7.11 Å². The van der Waals surface area contributed by atoms with Gasteiger partial charge in [0.1, 0.15) is 11.9 Å². The third-order valence-corrected chi connectivity index (χ3v) is 2.66. The lowest BCUT2D eigenvalue weighted by Crippen LogP contribution is -2.07. The highest BCUT2D eigenvalue weighted by Crippen LogP contribution is 2.28. The predicted molar refractivity (Wildman–Crippen MR) is 62.1 cm³/mol. The fraction of sp³-hybridized carbons (Fsp3) is 0.455. The Morgan fingerprint density at radius 1 is 1.47 bits per heavy atom. The van der Waals surface area contributed by atoms with Gasteiger partial charge in [0, 0.05) is 6.61 Å². The van der Waals surface area contributed by atoms with E-state index in [1.807, 2.05) is 25.1 Å². The van der Waals surface area contributed by atoms with Crippen molar-refractivity contribution in [3.8, 4) is 5.75 Å². The molecule has 0 bridgehead atoms. The molecule has 0 saturated carbocycles. The number of aliphatic hydroxyl groups excluding tert-OH is 1. The van der Waals surface area contributed by atoms with Crippen molar-refractivity contribution in [1.29, 1.82) is 0 Å². The fourth-order valence-corrected chi connectivity index (χ4v) is 1.77. The second-order valence-electron chi connectivity index (χ2n) is 3.07. The molecule has 0 spiro atoms. The maximum absolute atomic E-state index is 9.75. The number of ether oxygens (including phenoxy) is 2. The van der Waals surface area contributed by atoms with Gasteiger partial charge in [0.25, 0.3) is 0 Å². The van der Waals surface area contributed by atoms with Gasteiger partial charge in [-0.3, -0.25) is 0 Å². The summed E-state index contributed by atoms with van der Waals surface area (Å²) in [4.78, 5) is 0. The Hall–Kier alpha value is -0.580. The molecule has 0 aliphatic heterocycles. The first-order chi connectivity index (χ1) is 7.19. The van der Waals surface area contributed by atoms with Crippen LogP contribution in [-0.2, 0) is 4.74 Å². The Balaban J connectivity index is 2.73.